The number of aromatic nitrogens is 1. The third-order valence-electron chi connectivity index (χ3n) is 4.95. The van der Waals surface area contributed by atoms with Crippen molar-refractivity contribution in [2.24, 2.45) is 0 Å². The molecule has 2 aromatic heterocycles. The number of para-hydroxylation sites is 1. The Hall–Kier alpha value is -3.61. The standard InChI is InChI=1S/C23H23N3O4/c1-14(2)22-16-6-4-5-7-17(16)30-19(22)12-26(3)21(28)9-8-15-10-18-23(24-11-15)25-20(27)13-29-18/h4-11,14H,12-13H2,1-3H3,(H,24,25,27). The molecule has 30 heavy (non-hydrogen) atoms. The van der Waals surface area contributed by atoms with Gasteiger partial charge in [-0.3, -0.25) is 9.59 Å². The van der Waals surface area contributed by atoms with Crippen molar-refractivity contribution in [2.75, 3.05) is 19.0 Å². The molecular weight excluding hydrogens is 382 g/mol. The molecule has 0 saturated carbocycles. The lowest BCUT2D eigenvalue weighted by Crippen LogP contribution is -2.26. The number of anilines is 1. The highest BCUT2D eigenvalue weighted by Gasteiger charge is 2.20. The molecule has 0 fully saturated rings. The molecule has 1 N–H and O–H groups in total. The van der Waals surface area contributed by atoms with Crippen molar-refractivity contribution >= 4 is 34.7 Å². The maximum atomic E-state index is 12.6. The van der Waals surface area contributed by atoms with E-state index in [9.17, 15) is 9.59 Å². The number of carbonyl (C=O) groups excluding carboxylic acids is 2. The summed E-state index contributed by atoms with van der Waals surface area (Å²) in [7, 11) is 1.74. The molecule has 7 nitrogen and oxygen atoms in total. The van der Waals surface area contributed by atoms with Crippen LogP contribution in [0.3, 0.4) is 0 Å². The van der Waals surface area contributed by atoms with Gasteiger partial charge in [0.05, 0.1) is 6.54 Å². The van der Waals surface area contributed by atoms with E-state index in [1.54, 1.807) is 30.3 Å². The third kappa shape index (κ3) is 3.91. The van der Waals surface area contributed by atoms with Crippen LogP contribution in [-0.2, 0) is 16.1 Å². The van der Waals surface area contributed by atoms with E-state index in [0.29, 0.717) is 23.7 Å². The SMILES string of the molecule is CC(C)c1c(CN(C)C(=O)C=Cc2cnc3c(c2)OCC(=O)N3)oc2ccccc12. The van der Waals surface area contributed by atoms with E-state index in [-0.39, 0.29) is 24.3 Å². The van der Waals surface area contributed by atoms with Gasteiger partial charge in [0.2, 0.25) is 5.91 Å². The van der Waals surface area contributed by atoms with E-state index in [2.05, 4.69) is 24.1 Å². The molecule has 0 bridgehead atoms. The molecule has 1 aliphatic heterocycles. The number of nitrogens with one attached hydrogen (secondary N) is 1. The zero-order chi connectivity index (χ0) is 21.3. The summed E-state index contributed by atoms with van der Waals surface area (Å²) < 4.78 is 11.4. The highest BCUT2D eigenvalue weighted by atomic mass is 16.5. The fourth-order valence-electron chi connectivity index (χ4n) is 3.52. The van der Waals surface area contributed by atoms with Crippen LogP contribution in [0.4, 0.5) is 5.82 Å². The summed E-state index contributed by atoms with van der Waals surface area (Å²) in [5.74, 6) is 1.57. The van der Waals surface area contributed by atoms with E-state index in [0.717, 1.165) is 22.3 Å². The molecule has 0 radical (unpaired) electrons. The van der Waals surface area contributed by atoms with Crippen LogP contribution in [0.5, 0.6) is 5.75 Å². The number of amides is 2. The molecule has 1 aliphatic rings. The molecule has 0 atom stereocenters. The van der Waals surface area contributed by atoms with Crippen LogP contribution in [0.25, 0.3) is 17.0 Å². The van der Waals surface area contributed by atoms with E-state index >= 15 is 0 Å². The zero-order valence-electron chi connectivity index (χ0n) is 17.1. The molecule has 0 saturated heterocycles. The first-order valence-electron chi connectivity index (χ1n) is 9.78. The second-order valence-electron chi connectivity index (χ2n) is 7.57. The minimum absolute atomic E-state index is 0.0425. The molecule has 3 aromatic rings. The molecule has 0 unspecified atom stereocenters. The number of hydrogen-bond acceptors (Lipinski definition) is 5. The van der Waals surface area contributed by atoms with Gasteiger partial charge in [-0.1, -0.05) is 32.0 Å². The largest absolute Gasteiger partial charge is 0.480 e. The fraction of sp³-hybridized carbons (Fsp3) is 0.261. The number of rotatable bonds is 5. The lowest BCUT2D eigenvalue weighted by molar-refractivity contribution is -0.125. The van der Waals surface area contributed by atoms with Gasteiger partial charge in [0.15, 0.2) is 18.2 Å². The molecule has 2 amide bonds. The Labute approximate surface area is 174 Å². The Morgan fingerprint density at radius 3 is 2.93 bits per heavy atom. The van der Waals surface area contributed by atoms with Gasteiger partial charge in [0.1, 0.15) is 11.3 Å². The van der Waals surface area contributed by atoms with Crippen LogP contribution in [0.15, 0.2) is 47.0 Å². The number of ether oxygens (including phenoxy) is 1. The summed E-state index contributed by atoms with van der Waals surface area (Å²) in [6.07, 6.45) is 4.74. The number of fused-ring (bicyclic) bond motifs is 2. The van der Waals surface area contributed by atoms with Gasteiger partial charge in [-0.2, -0.15) is 0 Å². The Kier molecular flexibility index (Phi) is 5.27. The van der Waals surface area contributed by atoms with E-state index in [1.807, 2.05) is 24.3 Å². The quantitative estimate of drug-likeness (QED) is 0.650. The van der Waals surface area contributed by atoms with Crippen LogP contribution in [-0.4, -0.2) is 35.4 Å². The van der Waals surface area contributed by atoms with Crippen molar-refractivity contribution in [1.82, 2.24) is 9.88 Å². The summed E-state index contributed by atoms with van der Waals surface area (Å²) >= 11 is 0. The Morgan fingerprint density at radius 1 is 1.33 bits per heavy atom. The maximum Gasteiger partial charge on any atom is 0.263 e. The minimum atomic E-state index is -0.235. The number of carbonyl (C=O) groups is 2. The predicted molar refractivity (Wildman–Crippen MR) is 114 cm³/mol. The van der Waals surface area contributed by atoms with Gasteiger partial charge in [0, 0.05) is 30.3 Å². The van der Waals surface area contributed by atoms with Crippen molar-refractivity contribution in [3.63, 3.8) is 0 Å². The maximum absolute atomic E-state index is 12.6. The number of furan rings is 1. The topological polar surface area (TPSA) is 84.7 Å². The molecule has 3 heterocycles. The normalized spacial score (nSPS) is 13.4. The summed E-state index contributed by atoms with van der Waals surface area (Å²) in [5, 5.41) is 3.73. The Morgan fingerprint density at radius 2 is 2.13 bits per heavy atom. The predicted octanol–water partition coefficient (Wildman–Crippen LogP) is 3.95. The van der Waals surface area contributed by atoms with Crippen LogP contribution < -0.4 is 10.1 Å². The first-order valence-corrected chi connectivity index (χ1v) is 9.78. The van der Waals surface area contributed by atoms with Gasteiger partial charge in [-0.05, 0) is 29.7 Å². The van der Waals surface area contributed by atoms with Crippen molar-refractivity contribution in [3.05, 3.63) is 59.5 Å². The zero-order valence-corrected chi connectivity index (χ0v) is 17.1. The van der Waals surface area contributed by atoms with Crippen molar-refractivity contribution in [1.29, 1.82) is 0 Å². The number of likely N-dealkylation sites (N-methyl/N-ethyl adjacent to an activating group) is 1. The molecule has 154 valence electrons. The average molecular weight is 405 g/mol. The second kappa shape index (κ2) is 8.02. The van der Waals surface area contributed by atoms with Crippen LogP contribution in [0, 0.1) is 0 Å². The van der Waals surface area contributed by atoms with Crippen molar-refractivity contribution < 1.29 is 18.7 Å². The van der Waals surface area contributed by atoms with E-state index in [1.165, 1.54) is 6.08 Å². The number of pyridine rings is 1. The fourth-order valence-corrected chi connectivity index (χ4v) is 3.52. The first-order chi connectivity index (χ1) is 14.4. The highest BCUT2D eigenvalue weighted by Crippen LogP contribution is 2.32. The van der Waals surface area contributed by atoms with Gasteiger partial charge in [0.25, 0.3) is 5.91 Å². The first kappa shape index (κ1) is 19.7. The van der Waals surface area contributed by atoms with Crippen LogP contribution in [0.2, 0.25) is 0 Å². The highest BCUT2D eigenvalue weighted by molar-refractivity contribution is 5.95. The summed E-state index contributed by atoms with van der Waals surface area (Å²) in [4.78, 5) is 29.7. The number of benzene rings is 1. The van der Waals surface area contributed by atoms with E-state index in [4.69, 9.17) is 9.15 Å². The molecule has 1 aromatic carbocycles. The lowest BCUT2D eigenvalue weighted by atomic mass is 9.99. The second-order valence-corrected chi connectivity index (χ2v) is 7.57. The van der Waals surface area contributed by atoms with Crippen molar-refractivity contribution in [2.45, 2.75) is 26.3 Å². The third-order valence-corrected chi connectivity index (χ3v) is 4.95. The molecule has 4 rings (SSSR count). The Bertz CT molecular complexity index is 1150. The Balaban J connectivity index is 1.49. The summed E-state index contributed by atoms with van der Waals surface area (Å²) in [5.41, 5.74) is 2.67. The van der Waals surface area contributed by atoms with Gasteiger partial charge >= 0.3 is 0 Å². The minimum Gasteiger partial charge on any atom is -0.480 e. The van der Waals surface area contributed by atoms with Crippen molar-refractivity contribution in [3.8, 4) is 5.75 Å². The number of nitrogens with zero attached hydrogens (tertiary/aromatic N) is 2. The van der Waals surface area contributed by atoms with Gasteiger partial charge in [-0.25, -0.2) is 4.98 Å². The average Bonchev–Trinajstić information content (AvgIpc) is 3.09. The smallest absolute Gasteiger partial charge is 0.263 e. The van der Waals surface area contributed by atoms with Gasteiger partial charge < -0.3 is 19.4 Å². The van der Waals surface area contributed by atoms with Crippen LogP contribution in [0.1, 0.15) is 36.7 Å². The lowest BCUT2D eigenvalue weighted by Gasteiger charge is -2.17. The van der Waals surface area contributed by atoms with E-state index < -0.39 is 0 Å². The molecule has 0 spiro atoms. The summed E-state index contributed by atoms with van der Waals surface area (Å²) in [6, 6.07) is 9.67. The molecule has 7 heteroatoms. The molecule has 0 aliphatic carbocycles. The monoisotopic (exact) mass is 405 g/mol. The summed E-state index contributed by atoms with van der Waals surface area (Å²) in [6.45, 7) is 4.58. The molecular formula is C23H23N3O4. The number of hydrogen-bond donors (Lipinski definition) is 1. The van der Waals surface area contributed by atoms with Gasteiger partial charge in [-0.15, -0.1) is 0 Å². The van der Waals surface area contributed by atoms with Crippen LogP contribution >= 0.6 is 0 Å².